The molecule has 0 aliphatic carbocycles. The minimum atomic E-state index is 1.09. The summed E-state index contributed by atoms with van der Waals surface area (Å²) in [6.07, 6.45) is 0. The van der Waals surface area contributed by atoms with Crippen LogP contribution in [0.2, 0.25) is 0 Å². The molecule has 0 amide bonds. The smallest absolute Gasteiger partial charge is 0.0702 e. The Morgan fingerprint density at radius 3 is 1.61 bits per heavy atom. The quantitative estimate of drug-likeness (QED) is 0.156. The molecule has 0 aliphatic rings. The lowest BCUT2D eigenvalue weighted by molar-refractivity contribution is 1.15. The molecule has 0 saturated heterocycles. The van der Waals surface area contributed by atoms with Gasteiger partial charge in [-0.15, -0.1) is 0 Å². The van der Waals surface area contributed by atoms with Gasteiger partial charge in [-0.05, 0) is 86.1 Å². The molecule has 11 aromatic rings. The molecule has 1 heterocycles. The standard InChI is InChI=1S/C54H36N2/c1-2-17-37(18-3-1)43-34-33-40(48-35-39-20-5-6-22-41(39)44-24-8-9-25-45(44)48)36-54(43)56(49-32-16-21-38-19-4-7-23-42(38)49)53-31-15-14-30-52(53)55-50-28-12-10-26-46(50)47-27-11-13-29-51(47)55/h1-36H. The van der Waals surface area contributed by atoms with E-state index in [1.54, 1.807) is 0 Å². The first-order valence-electron chi connectivity index (χ1n) is 19.3. The van der Waals surface area contributed by atoms with Gasteiger partial charge in [0.15, 0.2) is 0 Å². The Kier molecular flexibility index (Phi) is 7.53. The fraction of sp³-hybridized carbons (Fsp3) is 0. The van der Waals surface area contributed by atoms with Gasteiger partial charge in [0.1, 0.15) is 0 Å². The highest BCUT2D eigenvalue weighted by atomic mass is 15.2. The van der Waals surface area contributed by atoms with Crippen molar-refractivity contribution in [2.45, 2.75) is 0 Å². The Morgan fingerprint density at radius 2 is 0.839 bits per heavy atom. The van der Waals surface area contributed by atoms with Gasteiger partial charge < -0.3 is 9.47 Å². The number of nitrogens with zero attached hydrogens (tertiary/aromatic N) is 2. The fourth-order valence-electron chi connectivity index (χ4n) is 8.86. The molecule has 10 aromatic carbocycles. The van der Waals surface area contributed by atoms with Gasteiger partial charge in [-0.25, -0.2) is 0 Å². The second-order valence-corrected chi connectivity index (χ2v) is 14.5. The molecule has 2 heteroatoms. The Bertz CT molecular complexity index is 3210. The van der Waals surface area contributed by atoms with Crippen LogP contribution in [0.15, 0.2) is 218 Å². The number of aromatic nitrogens is 1. The van der Waals surface area contributed by atoms with Crippen molar-refractivity contribution in [2.75, 3.05) is 4.90 Å². The summed E-state index contributed by atoms with van der Waals surface area (Å²) in [6, 6.07) is 79.7. The molecular weight excluding hydrogens is 677 g/mol. The summed E-state index contributed by atoms with van der Waals surface area (Å²) in [5.41, 5.74) is 11.5. The van der Waals surface area contributed by atoms with E-state index in [2.05, 4.69) is 228 Å². The van der Waals surface area contributed by atoms with Gasteiger partial charge in [-0.2, -0.15) is 0 Å². The minimum Gasteiger partial charge on any atom is -0.307 e. The lowest BCUT2D eigenvalue weighted by Crippen LogP contribution is -2.15. The van der Waals surface area contributed by atoms with Crippen molar-refractivity contribution in [3.63, 3.8) is 0 Å². The zero-order chi connectivity index (χ0) is 37.0. The Hall–Kier alpha value is -7.42. The molecule has 262 valence electrons. The molecule has 0 bridgehead atoms. The number of hydrogen-bond acceptors (Lipinski definition) is 1. The second kappa shape index (κ2) is 13.2. The van der Waals surface area contributed by atoms with Crippen molar-refractivity contribution in [3.8, 4) is 27.9 Å². The normalized spacial score (nSPS) is 11.6. The van der Waals surface area contributed by atoms with Crippen LogP contribution in [0.5, 0.6) is 0 Å². The van der Waals surface area contributed by atoms with Crippen molar-refractivity contribution < 1.29 is 0 Å². The van der Waals surface area contributed by atoms with Crippen molar-refractivity contribution in [1.29, 1.82) is 0 Å². The van der Waals surface area contributed by atoms with Gasteiger partial charge in [0.05, 0.1) is 33.8 Å². The summed E-state index contributed by atoms with van der Waals surface area (Å²) < 4.78 is 2.45. The summed E-state index contributed by atoms with van der Waals surface area (Å²) in [5.74, 6) is 0. The van der Waals surface area contributed by atoms with E-state index in [1.807, 2.05) is 0 Å². The van der Waals surface area contributed by atoms with E-state index >= 15 is 0 Å². The van der Waals surface area contributed by atoms with Gasteiger partial charge in [-0.1, -0.05) is 176 Å². The molecule has 0 spiro atoms. The van der Waals surface area contributed by atoms with Gasteiger partial charge in [0.2, 0.25) is 0 Å². The molecule has 11 rings (SSSR count). The number of fused-ring (bicyclic) bond motifs is 7. The Balaban J connectivity index is 1.26. The highest BCUT2D eigenvalue weighted by molar-refractivity contribution is 6.15. The zero-order valence-corrected chi connectivity index (χ0v) is 30.7. The van der Waals surface area contributed by atoms with Crippen molar-refractivity contribution in [3.05, 3.63) is 218 Å². The first-order valence-corrected chi connectivity index (χ1v) is 19.3. The molecule has 0 radical (unpaired) electrons. The lowest BCUT2D eigenvalue weighted by Gasteiger charge is -2.31. The minimum absolute atomic E-state index is 1.09. The van der Waals surface area contributed by atoms with E-state index in [0.717, 1.165) is 33.9 Å². The molecule has 2 nitrogen and oxygen atoms in total. The van der Waals surface area contributed by atoms with Crippen LogP contribution < -0.4 is 4.90 Å². The van der Waals surface area contributed by atoms with Gasteiger partial charge in [0.25, 0.3) is 0 Å². The van der Waals surface area contributed by atoms with E-state index in [-0.39, 0.29) is 0 Å². The van der Waals surface area contributed by atoms with E-state index in [0.29, 0.717) is 0 Å². The third kappa shape index (κ3) is 5.11. The Morgan fingerprint density at radius 1 is 0.286 bits per heavy atom. The van der Waals surface area contributed by atoms with Crippen LogP contribution in [0.1, 0.15) is 0 Å². The molecule has 0 fully saturated rings. The van der Waals surface area contributed by atoms with E-state index < -0.39 is 0 Å². The van der Waals surface area contributed by atoms with E-state index in [9.17, 15) is 0 Å². The first kappa shape index (κ1) is 32.0. The number of benzene rings is 10. The van der Waals surface area contributed by atoms with Crippen LogP contribution in [-0.2, 0) is 0 Å². The maximum Gasteiger partial charge on any atom is 0.0702 e. The van der Waals surface area contributed by atoms with Crippen LogP contribution in [0.25, 0.3) is 82.1 Å². The molecule has 56 heavy (non-hydrogen) atoms. The van der Waals surface area contributed by atoms with Gasteiger partial charge in [0, 0.05) is 21.7 Å². The molecule has 0 atom stereocenters. The van der Waals surface area contributed by atoms with Crippen LogP contribution in [-0.4, -0.2) is 4.57 Å². The maximum atomic E-state index is 2.51. The van der Waals surface area contributed by atoms with Crippen LogP contribution in [0.4, 0.5) is 17.1 Å². The zero-order valence-electron chi connectivity index (χ0n) is 30.7. The van der Waals surface area contributed by atoms with Crippen molar-refractivity contribution in [1.82, 2.24) is 4.57 Å². The van der Waals surface area contributed by atoms with Gasteiger partial charge in [-0.3, -0.25) is 0 Å². The first-order chi connectivity index (χ1) is 27.8. The van der Waals surface area contributed by atoms with Crippen LogP contribution in [0.3, 0.4) is 0 Å². The maximum absolute atomic E-state index is 2.51. The summed E-state index contributed by atoms with van der Waals surface area (Å²) in [7, 11) is 0. The van der Waals surface area contributed by atoms with Crippen LogP contribution in [0, 0.1) is 0 Å². The number of anilines is 3. The largest absolute Gasteiger partial charge is 0.307 e. The van der Waals surface area contributed by atoms with Gasteiger partial charge >= 0.3 is 0 Å². The molecule has 0 aliphatic heterocycles. The Labute approximate surface area is 325 Å². The fourth-order valence-corrected chi connectivity index (χ4v) is 8.86. The second-order valence-electron chi connectivity index (χ2n) is 14.5. The SMILES string of the molecule is c1ccc(-c2ccc(-c3cc4ccccc4c4ccccc34)cc2N(c2ccccc2-n2c3ccccc3c3ccccc32)c2cccc3ccccc23)cc1. The molecule has 0 unspecified atom stereocenters. The predicted octanol–water partition coefficient (Wildman–Crippen LogP) is 15.0. The van der Waals surface area contributed by atoms with Crippen molar-refractivity contribution >= 4 is 71.2 Å². The molecule has 0 saturated carbocycles. The average molecular weight is 713 g/mol. The lowest BCUT2D eigenvalue weighted by atomic mass is 9.91. The van der Waals surface area contributed by atoms with E-state index in [4.69, 9.17) is 0 Å². The van der Waals surface area contributed by atoms with Crippen LogP contribution >= 0.6 is 0 Å². The molecule has 0 N–H and O–H groups in total. The number of para-hydroxylation sites is 4. The summed E-state index contributed by atoms with van der Waals surface area (Å²) in [4.78, 5) is 2.51. The summed E-state index contributed by atoms with van der Waals surface area (Å²) in [5, 5.41) is 9.87. The topological polar surface area (TPSA) is 8.17 Å². The van der Waals surface area contributed by atoms with E-state index in [1.165, 1.54) is 65.3 Å². The number of hydrogen-bond donors (Lipinski definition) is 0. The summed E-state index contributed by atoms with van der Waals surface area (Å²) >= 11 is 0. The highest BCUT2D eigenvalue weighted by Gasteiger charge is 2.25. The third-order valence-corrected chi connectivity index (χ3v) is 11.4. The highest BCUT2D eigenvalue weighted by Crippen LogP contribution is 2.48. The summed E-state index contributed by atoms with van der Waals surface area (Å²) in [6.45, 7) is 0. The molecular formula is C54H36N2. The van der Waals surface area contributed by atoms with Crippen molar-refractivity contribution in [2.24, 2.45) is 0 Å². The number of rotatable bonds is 6. The predicted molar refractivity (Wildman–Crippen MR) is 239 cm³/mol. The third-order valence-electron chi connectivity index (χ3n) is 11.4. The monoisotopic (exact) mass is 712 g/mol. The average Bonchev–Trinajstić information content (AvgIpc) is 3.61. The molecule has 1 aromatic heterocycles.